The van der Waals surface area contributed by atoms with E-state index in [0.717, 1.165) is 11.3 Å². The smallest absolute Gasteiger partial charge is 0.258 e. The van der Waals surface area contributed by atoms with E-state index in [9.17, 15) is 4.79 Å². The van der Waals surface area contributed by atoms with Crippen molar-refractivity contribution in [3.8, 4) is 17.2 Å². The molecule has 0 atom stereocenters. The molecular weight excluding hydrogens is 318 g/mol. The molecule has 0 saturated heterocycles. The Balaban J connectivity index is 1.50. The molecule has 132 valence electrons. The van der Waals surface area contributed by atoms with Gasteiger partial charge in [0, 0.05) is 6.54 Å². The molecule has 1 N–H and O–H groups in total. The van der Waals surface area contributed by atoms with E-state index in [4.69, 9.17) is 14.2 Å². The Morgan fingerprint density at radius 2 is 1.92 bits per heavy atom. The monoisotopic (exact) mass is 341 g/mol. The molecule has 1 heterocycles. The first-order valence-electron chi connectivity index (χ1n) is 8.30. The van der Waals surface area contributed by atoms with Crippen LogP contribution in [0.2, 0.25) is 0 Å². The number of ether oxygens (including phenoxy) is 3. The number of amides is 1. The second-order valence-corrected chi connectivity index (χ2v) is 7.03. The van der Waals surface area contributed by atoms with Crippen molar-refractivity contribution in [2.24, 2.45) is 0 Å². The summed E-state index contributed by atoms with van der Waals surface area (Å²) in [5, 5.41) is 2.84. The summed E-state index contributed by atoms with van der Waals surface area (Å²) in [6.07, 6.45) is 0. The average molecular weight is 341 g/mol. The number of fused-ring (bicyclic) bond motifs is 1. The van der Waals surface area contributed by atoms with Gasteiger partial charge in [0.2, 0.25) is 6.79 Å². The third-order valence-corrected chi connectivity index (χ3v) is 4.00. The number of benzene rings is 2. The van der Waals surface area contributed by atoms with Crippen LogP contribution in [0.1, 0.15) is 31.9 Å². The molecule has 3 rings (SSSR count). The molecule has 0 aromatic heterocycles. The van der Waals surface area contributed by atoms with E-state index >= 15 is 0 Å². The molecule has 2 aromatic rings. The summed E-state index contributed by atoms with van der Waals surface area (Å²) in [7, 11) is 0. The molecule has 1 amide bonds. The Labute approximate surface area is 147 Å². The molecule has 0 saturated carbocycles. The summed E-state index contributed by atoms with van der Waals surface area (Å²) in [4.78, 5) is 12.0. The molecular formula is C20H23NO4. The SMILES string of the molecule is CC(C)(C)c1cccc(OCC(=O)NCc2ccc3c(c2)OCO3)c1. The van der Waals surface area contributed by atoms with Gasteiger partial charge in [0.05, 0.1) is 0 Å². The topological polar surface area (TPSA) is 56.8 Å². The van der Waals surface area contributed by atoms with Gasteiger partial charge in [-0.1, -0.05) is 39.0 Å². The molecule has 5 nitrogen and oxygen atoms in total. The van der Waals surface area contributed by atoms with E-state index in [1.165, 1.54) is 5.56 Å². The van der Waals surface area contributed by atoms with Crippen LogP contribution in [0.3, 0.4) is 0 Å². The summed E-state index contributed by atoms with van der Waals surface area (Å²) in [6.45, 7) is 7.07. The number of carbonyl (C=O) groups is 1. The zero-order valence-corrected chi connectivity index (χ0v) is 14.8. The third-order valence-electron chi connectivity index (χ3n) is 4.00. The molecule has 1 aliphatic heterocycles. The Bertz CT molecular complexity index is 765. The summed E-state index contributed by atoms with van der Waals surface area (Å²) >= 11 is 0. The highest BCUT2D eigenvalue weighted by Gasteiger charge is 2.15. The van der Waals surface area contributed by atoms with Crippen molar-refractivity contribution in [2.75, 3.05) is 13.4 Å². The Morgan fingerprint density at radius 1 is 1.12 bits per heavy atom. The number of hydrogen-bond donors (Lipinski definition) is 1. The van der Waals surface area contributed by atoms with Gasteiger partial charge in [0.1, 0.15) is 5.75 Å². The molecule has 0 fully saturated rings. The molecule has 0 spiro atoms. The quantitative estimate of drug-likeness (QED) is 0.905. The van der Waals surface area contributed by atoms with E-state index in [0.29, 0.717) is 18.0 Å². The molecule has 0 radical (unpaired) electrons. The van der Waals surface area contributed by atoms with Gasteiger partial charge < -0.3 is 19.5 Å². The number of carbonyl (C=O) groups excluding carboxylic acids is 1. The second-order valence-electron chi connectivity index (χ2n) is 7.03. The maximum atomic E-state index is 12.0. The first-order valence-corrected chi connectivity index (χ1v) is 8.30. The van der Waals surface area contributed by atoms with Crippen molar-refractivity contribution in [2.45, 2.75) is 32.7 Å². The highest BCUT2D eigenvalue weighted by molar-refractivity contribution is 5.77. The van der Waals surface area contributed by atoms with Crippen LogP contribution >= 0.6 is 0 Å². The van der Waals surface area contributed by atoms with Gasteiger partial charge in [-0.2, -0.15) is 0 Å². The van der Waals surface area contributed by atoms with Gasteiger partial charge in [0.15, 0.2) is 18.1 Å². The largest absolute Gasteiger partial charge is 0.484 e. The van der Waals surface area contributed by atoms with Crippen LogP contribution in [0.15, 0.2) is 42.5 Å². The van der Waals surface area contributed by atoms with E-state index in [2.05, 4.69) is 32.2 Å². The van der Waals surface area contributed by atoms with Gasteiger partial charge in [-0.3, -0.25) is 4.79 Å². The van der Waals surface area contributed by atoms with Gasteiger partial charge >= 0.3 is 0 Å². The van der Waals surface area contributed by atoms with Gasteiger partial charge in [0.25, 0.3) is 5.91 Å². The van der Waals surface area contributed by atoms with E-state index in [1.807, 2.05) is 36.4 Å². The first-order chi connectivity index (χ1) is 11.9. The molecule has 0 aliphatic carbocycles. The van der Waals surface area contributed by atoms with Crippen LogP contribution in [-0.2, 0) is 16.8 Å². The Hall–Kier alpha value is -2.69. The maximum Gasteiger partial charge on any atom is 0.258 e. The standard InChI is InChI=1S/C20H23NO4/c1-20(2,3)15-5-4-6-16(10-15)23-12-19(22)21-11-14-7-8-17-18(9-14)25-13-24-17/h4-10H,11-13H2,1-3H3,(H,21,22). The fourth-order valence-corrected chi connectivity index (χ4v) is 2.50. The fourth-order valence-electron chi connectivity index (χ4n) is 2.50. The normalized spacial score (nSPS) is 12.8. The fraction of sp³-hybridized carbons (Fsp3) is 0.350. The molecule has 5 heteroatoms. The van der Waals surface area contributed by atoms with Gasteiger partial charge in [-0.05, 0) is 40.8 Å². The van der Waals surface area contributed by atoms with Crippen LogP contribution in [-0.4, -0.2) is 19.3 Å². The molecule has 2 aromatic carbocycles. The molecule has 0 unspecified atom stereocenters. The molecule has 0 bridgehead atoms. The third kappa shape index (κ3) is 4.44. The zero-order valence-electron chi connectivity index (χ0n) is 14.8. The van der Waals surface area contributed by atoms with E-state index < -0.39 is 0 Å². The maximum absolute atomic E-state index is 12.0. The minimum absolute atomic E-state index is 0.0157. The lowest BCUT2D eigenvalue weighted by Gasteiger charge is -2.19. The van der Waals surface area contributed by atoms with Crippen molar-refractivity contribution in [1.82, 2.24) is 5.32 Å². The van der Waals surface area contributed by atoms with Crippen LogP contribution < -0.4 is 19.5 Å². The lowest BCUT2D eigenvalue weighted by atomic mass is 9.87. The van der Waals surface area contributed by atoms with Crippen LogP contribution in [0.25, 0.3) is 0 Å². The van der Waals surface area contributed by atoms with Gasteiger partial charge in [-0.15, -0.1) is 0 Å². The summed E-state index contributed by atoms with van der Waals surface area (Å²) in [5.41, 5.74) is 2.17. The number of hydrogen-bond acceptors (Lipinski definition) is 4. The summed E-state index contributed by atoms with van der Waals surface area (Å²) in [5.74, 6) is 1.98. The van der Waals surface area contributed by atoms with E-state index in [-0.39, 0.29) is 24.7 Å². The lowest BCUT2D eigenvalue weighted by Crippen LogP contribution is -2.28. The van der Waals surface area contributed by atoms with Crippen molar-refractivity contribution in [3.05, 3.63) is 53.6 Å². The van der Waals surface area contributed by atoms with Crippen molar-refractivity contribution < 1.29 is 19.0 Å². The highest BCUT2D eigenvalue weighted by Crippen LogP contribution is 2.32. The summed E-state index contributed by atoms with van der Waals surface area (Å²) < 4.78 is 16.2. The van der Waals surface area contributed by atoms with Crippen LogP contribution in [0.4, 0.5) is 0 Å². The highest BCUT2D eigenvalue weighted by atomic mass is 16.7. The molecule has 25 heavy (non-hydrogen) atoms. The Kier molecular flexibility index (Phi) is 4.83. The number of rotatable bonds is 5. The van der Waals surface area contributed by atoms with Crippen LogP contribution in [0.5, 0.6) is 17.2 Å². The summed E-state index contributed by atoms with van der Waals surface area (Å²) in [6, 6.07) is 13.5. The average Bonchev–Trinajstić information content (AvgIpc) is 3.05. The second kappa shape index (κ2) is 7.05. The Morgan fingerprint density at radius 3 is 2.72 bits per heavy atom. The van der Waals surface area contributed by atoms with Crippen molar-refractivity contribution in [1.29, 1.82) is 0 Å². The lowest BCUT2D eigenvalue weighted by molar-refractivity contribution is -0.123. The van der Waals surface area contributed by atoms with Crippen molar-refractivity contribution >= 4 is 5.91 Å². The predicted molar refractivity (Wildman–Crippen MR) is 95.0 cm³/mol. The predicted octanol–water partition coefficient (Wildman–Crippen LogP) is 3.41. The van der Waals surface area contributed by atoms with Gasteiger partial charge in [-0.25, -0.2) is 0 Å². The van der Waals surface area contributed by atoms with E-state index in [1.54, 1.807) is 0 Å². The van der Waals surface area contributed by atoms with Crippen molar-refractivity contribution in [3.63, 3.8) is 0 Å². The first kappa shape index (κ1) is 17.1. The minimum atomic E-state index is -0.168. The molecule has 1 aliphatic rings. The zero-order chi connectivity index (χ0) is 17.9. The minimum Gasteiger partial charge on any atom is -0.484 e. The van der Waals surface area contributed by atoms with Crippen LogP contribution in [0, 0.1) is 0 Å². The number of nitrogens with one attached hydrogen (secondary N) is 1.